The zero-order valence-corrected chi connectivity index (χ0v) is 12.3. The Morgan fingerprint density at radius 2 is 1.90 bits per heavy atom. The summed E-state index contributed by atoms with van der Waals surface area (Å²) in [6.07, 6.45) is 0. The Kier molecular flexibility index (Phi) is 4.72. The molecule has 0 spiro atoms. The van der Waals surface area contributed by atoms with Crippen molar-refractivity contribution in [3.8, 4) is 0 Å². The van der Waals surface area contributed by atoms with Gasteiger partial charge in [0.1, 0.15) is 5.82 Å². The van der Waals surface area contributed by atoms with Crippen molar-refractivity contribution >= 4 is 10.0 Å². The van der Waals surface area contributed by atoms with Crippen molar-refractivity contribution < 1.29 is 17.9 Å². The summed E-state index contributed by atoms with van der Waals surface area (Å²) in [5, 5.41) is 9.10. The Hall–Kier alpha value is -1.76. The highest BCUT2D eigenvalue weighted by Gasteiger charge is 2.17. The maximum atomic E-state index is 13.5. The quantitative estimate of drug-likeness (QED) is 0.889. The number of aliphatic hydroxyl groups is 1. The lowest BCUT2D eigenvalue weighted by Gasteiger charge is -2.11. The predicted octanol–water partition coefficient (Wildman–Crippen LogP) is 2.10. The smallest absolute Gasteiger partial charge is 0.241 e. The molecule has 21 heavy (non-hydrogen) atoms. The van der Waals surface area contributed by atoms with Crippen molar-refractivity contribution in [3.63, 3.8) is 0 Å². The Bertz CT molecular complexity index is 744. The molecule has 0 atom stereocenters. The number of benzene rings is 2. The first-order chi connectivity index (χ1) is 9.94. The van der Waals surface area contributed by atoms with E-state index in [0.29, 0.717) is 11.1 Å². The van der Waals surface area contributed by atoms with E-state index in [1.807, 2.05) is 0 Å². The molecule has 0 radical (unpaired) electrons. The molecule has 0 aliphatic heterocycles. The Labute approximate surface area is 123 Å². The number of aliphatic hydroxyl groups excluding tert-OH is 1. The first-order valence-electron chi connectivity index (χ1n) is 6.37. The normalized spacial score (nSPS) is 11.6. The van der Waals surface area contributed by atoms with Gasteiger partial charge in [-0.3, -0.25) is 0 Å². The minimum Gasteiger partial charge on any atom is -0.392 e. The predicted molar refractivity (Wildman–Crippen MR) is 77.5 cm³/mol. The van der Waals surface area contributed by atoms with Crippen LogP contribution in [0.15, 0.2) is 47.4 Å². The molecule has 0 aliphatic carbocycles. The van der Waals surface area contributed by atoms with E-state index < -0.39 is 15.8 Å². The van der Waals surface area contributed by atoms with Crippen LogP contribution < -0.4 is 4.72 Å². The molecular formula is C15H16FNO3S. The first kappa shape index (κ1) is 15.6. The van der Waals surface area contributed by atoms with E-state index in [2.05, 4.69) is 4.72 Å². The van der Waals surface area contributed by atoms with Crippen LogP contribution in [0.3, 0.4) is 0 Å². The second-order valence-electron chi connectivity index (χ2n) is 4.67. The summed E-state index contributed by atoms with van der Waals surface area (Å²) in [5.41, 5.74) is 1.34. The molecule has 0 unspecified atom stereocenters. The highest BCUT2D eigenvalue weighted by molar-refractivity contribution is 7.89. The molecular weight excluding hydrogens is 293 g/mol. The van der Waals surface area contributed by atoms with Gasteiger partial charge in [0.15, 0.2) is 0 Å². The SMILES string of the molecule is Cc1ccc(CO)cc1S(=O)(=O)NCc1ccccc1F. The number of halogens is 1. The van der Waals surface area contributed by atoms with Gasteiger partial charge in [0.2, 0.25) is 10.0 Å². The topological polar surface area (TPSA) is 66.4 Å². The van der Waals surface area contributed by atoms with Crippen LogP contribution in [0.25, 0.3) is 0 Å². The maximum Gasteiger partial charge on any atom is 0.241 e. The van der Waals surface area contributed by atoms with Crippen molar-refractivity contribution in [2.75, 3.05) is 0 Å². The van der Waals surface area contributed by atoms with Gasteiger partial charge in [-0.15, -0.1) is 0 Å². The van der Waals surface area contributed by atoms with E-state index in [4.69, 9.17) is 5.11 Å². The summed E-state index contributed by atoms with van der Waals surface area (Å²) in [6, 6.07) is 10.7. The molecule has 2 aromatic carbocycles. The van der Waals surface area contributed by atoms with Gasteiger partial charge in [0, 0.05) is 12.1 Å². The second-order valence-corrected chi connectivity index (χ2v) is 6.41. The third kappa shape index (κ3) is 3.66. The summed E-state index contributed by atoms with van der Waals surface area (Å²) < 4.78 is 40.5. The fraction of sp³-hybridized carbons (Fsp3) is 0.200. The van der Waals surface area contributed by atoms with Crippen molar-refractivity contribution in [1.29, 1.82) is 0 Å². The molecule has 2 rings (SSSR count). The number of hydrogen-bond donors (Lipinski definition) is 2. The number of nitrogens with one attached hydrogen (secondary N) is 1. The minimum absolute atomic E-state index is 0.0883. The standard InChI is InChI=1S/C15H16FNO3S/c1-11-6-7-12(10-18)8-15(11)21(19,20)17-9-13-4-2-3-5-14(13)16/h2-8,17-18H,9-10H2,1H3. The molecule has 0 saturated heterocycles. The first-order valence-corrected chi connectivity index (χ1v) is 7.86. The summed E-state index contributed by atoms with van der Waals surface area (Å²) >= 11 is 0. The lowest BCUT2D eigenvalue weighted by molar-refractivity contribution is 0.281. The number of sulfonamides is 1. The zero-order chi connectivity index (χ0) is 15.5. The average Bonchev–Trinajstić information content (AvgIpc) is 2.47. The zero-order valence-electron chi connectivity index (χ0n) is 11.5. The lowest BCUT2D eigenvalue weighted by atomic mass is 10.2. The van der Waals surface area contributed by atoms with Crippen LogP contribution in [0, 0.1) is 12.7 Å². The summed E-state index contributed by atoms with van der Waals surface area (Å²) in [5.74, 6) is -0.457. The van der Waals surface area contributed by atoms with Gasteiger partial charge in [0.25, 0.3) is 0 Å². The van der Waals surface area contributed by atoms with Crippen LogP contribution in [-0.2, 0) is 23.2 Å². The van der Waals surface area contributed by atoms with Crippen LogP contribution in [0.1, 0.15) is 16.7 Å². The fourth-order valence-electron chi connectivity index (χ4n) is 1.92. The number of aryl methyl sites for hydroxylation is 1. The Balaban J connectivity index is 2.25. The second kappa shape index (κ2) is 6.34. The molecule has 0 heterocycles. The third-order valence-electron chi connectivity index (χ3n) is 3.14. The molecule has 0 saturated carbocycles. The van der Waals surface area contributed by atoms with Gasteiger partial charge in [-0.05, 0) is 30.2 Å². The van der Waals surface area contributed by atoms with Gasteiger partial charge < -0.3 is 5.11 Å². The molecule has 0 bridgehead atoms. The van der Waals surface area contributed by atoms with Crippen LogP contribution in [-0.4, -0.2) is 13.5 Å². The van der Waals surface area contributed by atoms with E-state index in [9.17, 15) is 12.8 Å². The van der Waals surface area contributed by atoms with Crippen molar-refractivity contribution in [1.82, 2.24) is 4.72 Å². The fourth-order valence-corrected chi connectivity index (χ4v) is 3.22. The van der Waals surface area contributed by atoms with E-state index in [1.54, 1.807) is 31.2 Å². The van der Waals surface area contributed by atoms with E-state index >= 15 is 0 Å². The molecule has 0 fully saturated rings. The van der Waals surface area contributed by atoms with E-state index in [0.717, 1.165) is 0 Å². The highest BCUT2D eigenvalue weighted by atomic mass is 32.2. The highest BCUT2D eigenvalue weighted by Crippen LogP contribution is 2.18. The molecule has 4 nitrogen and oxygen atoms in total. The Morgan fingerprint density at radius 1 is 1.19 bits per heavy atom. The molecule has 0 aromatic heterocycles. The molecule has 2 aromatic rings. The van der Waals surface area contributed by atoms with Gasteiger partial charge in [-0.1, -0.05) is 30.3 Å². The minimum atomic E-state index is -3.77. The third-order valence-corrected chi connectivity index (χ3v) is 4.68. The van der Waals surface area contributed by atoms with E-state index in [-0.39, 0.29) is 23.6 Å². The van der Waals surface area contributed by atoms with Crippen molar-refractivity contribution in [2.24, 2.45) is 0 Å². The number of rotatable bonds is 5. The monoisotopic (exact) mass is 309 g/mol. The molecule has 6 heteroatoms. The number of hydrogen-bond acceptors (Lipinski definition) is 3. The van der Waals surface area contributed by atoms with Crippen LogP contribution in [0.2, 0.25) is 0 Å². The summed E-state index contributed by atoms with van der Waals surface area (Å²) in [7, 11) is -3.77. The summed E-state index contributed by atoms with van der Waals surface area (Å²) in [4.78, 5) is 0.0883. The van der Waals surface area contributed by atoms with Crippen LogP contribution >= 0.6 is 0 Å². The van der Waals surface area contributed by atoms with Crippen molar-refractivity contribution in [2.45, 2.75) is 25.0 Å². The molecule has 112 valence electrons. The average molecular weight is 309 g/mol. The van der Waals surface area contributed by atoms with Crippen LogP contribution in [0.5, 0.6) is 0 Å². The largest absolute Gasteiger partial charge is 0.392 e. The van der Waals surface area contributed by atoms with E-state index in [1.165, 1.54) is 18.2 Å². The van der Waals surface area contributed by atoms with Gasteiger partial charge >= 0.3 is 0 Å². The van der Waals surface area contributed by atoms with Gasteiger partial charge in [-0.2, -0.15) is 0 Å². The molecule has 0 aliphatic rings. The van der Waals surface area contributed by atoms with Gasteiger partial charge in [-0.25, -0.2) is 17.5 Å². The maximum absolute atomic E-state index is 13.5. The van der Waals surface area contributed by atoms with Crippen molar-refractivity contribution in [3.05, 3.63) is 65.0 Å². The van der Waals surface area contributed by atoms with Crippen LogP contribution in [0.4, 0.5) is 4.39 Å². The summed E-state index contributed by atoms with van der Waals surface area (Å²) in [6.45, 7) is 1.30. The van der Waals surface area contributed by atoms with Gasteiger partial charge in [0.05, 0.1) is 11.5 Å². The Morgan fingerprint density at radius 3 is 2.57 bits per heavy atom. The molecule has 2 N–H and O–H groups in total. The lowest BCUT2D eigenvalue weighted by Crippen LogP contribution is -2.24. The molecule has 0 amide bonds.